The maximum Gasteiger partial charge on any atom is 0.275 e. The van der Waals surface area contributed by atoms with Crippen LogP contribution in [0.5, 0.6) is 11.5 Å². The molecule has 4 rings (SSSR count). The molecule has 130 valence electrons. The molecule has 8 heteroatoms. The van der Waals surface area contributed by atoms with Crippen LogP contribution in [0, 0.1) is 0 Å². The second-order valence-electron chi connectivity index (χ2n) is 5.41. The Bertz CT molecular complexity index is 963. The molecule has 0 unspecified atom stereocenters. The summed E-state index contributed by atoms with van der Waals surface area (Å²) in [5.41, 5.74) is 1.48. The quantitative estimate of drug-likeness (QED) is 0.727. The predicted molar refractivity (Wildman–Crippen MR) is 97.3 cm³/mol. The van der Waals surface area contributed by atoms with E-state index in [0.717, 1.165) is 0 Å². The van der Waals surface area contributed by atoms with Crippen molar-refractivity contribution in [1.82, 2.24) is 9.97 Å². The Hall–Kier alpha value is -3.32. The van der Waals surface area contributed by atoms with Crippen molar-refractivity contribution in [2.75, 3.05) is 17.4 Å². The summed E-state index contributed by atoms with van der Waals surface area (Å²) in [4.78, 5) is 20.6. The van der Waals surface area contributed by atoms with Gasteiger partial charge in [0, 0.05) is 11.8 Å². The molecule has 0 saturated heterocycles. The summed E-state index contributed by atoms with van der Waals surface area (Å²) in [7, 11) is 0. The zero-order valence-corrected chi connectivity index (χ0v) is 14.2. The number of anilines is 3. The van der Waals surface area contributed by atoms with Gasteiger partial charge in [-0.15, -0.1) is 0 Å². The van der Waals surface area contributed by atoms with Crippen LogP contribution >= 0.6 is 11.6 Å². The molecule has 1 aromatic heterocycles. The summed E-state index contributed by atoms with van der Waals surface area (Å²) in [5.74, 6) is 1.35. The first kappa shape index (κ1) is 16.2. The van der Waals surface area contributed by atoms with Crippen molar-refractivity contribution in [3.05, 3.63) is 65.6 Å². The number of hydrogen-bond acceptors (Lipinski definition) is 6. The van der Waals surface area contributed by atoms with Crippen LogP contribution in [0.1, 0.15) is 10.5 Å². The van der Waals surface area contributed by atoms with Gasteiger partial charge in [0.25, 0.3) is 5.91 Å². The van der Waals surface area contributed by atoms with Crippen molar-refractivity contribution in [3.8, 4) is 11.5 Å². The average molecular weight is 369 g/mol. The van der Waals surface area contributed by atoms with Crippen LogP contribution in [0.25, 0.3) is 0 Å². The molecule has 26 heavy (non-hydrogen) atoms. The molecule has 7 nitrogen and oxygen atoms in total. The smallest absolute Gasteiger partial charge is 0.275 e. The lowest BCUT2D eigenvalue weighted by molar-refractivity contribution is 0.102. The lowest BCUT2D eigenvalue weighted by Crippen LogP contribution is -2.14. The average Bonchev–Trinajstić information content (AvgIpc) is 3.12. The van der Waals surface area contributed by atoms with E-state index in [-0.39, 0.29) is 18.4 Å². The number of ether oxygens (including phenoxy) is 2. The van der Waals surface area contributed by atoms with E-state index in [1.54, 1.807) is 24.3 Å². The topological polar surface area (TPSA) is 85.4 Å². The summed E-state index contributed by atoms with van der Waals surface area (Å²) < 4.78 is 10.5. The first-order valence-corrected chi connectivity index (χ1v) is 8.11. The minimum Gasteiger partial charge on any atom is -0.454 e. The number of halogens is 1. The molecular weight excluding hydrogens is 356 g/mol. The predicted octanol–water partition coefficient (Wildman–Crippen LogP) is 3.85. The molecule has 0 atom stereocenters. The monoisotopic (exact) mass is 368 g/mol. The van der Waals surface area contributed by atoms with Gasteiger partial charge in [-0.25, -0.2) is 9.97 Å². The zero-order chi connectivity index (χ0) is 17.9. The zero-order valence-electron chi connectivity index (χ0n) is 13.4. The SMILES string of the molecule is O=C(Nc1ccc2c(c1)OCO2)c1cnc(Nc2ccccc2Cl)cn1. The second kappa shape index (κ2) is 6.89. The van der Waals surface area contributed by atoms with Gasteiger partial charge in [0.2, 0.25) is 6.79 Å². The highest BCUT2D eigenvalue weighted by molar-refractivity contribution is 6.33. The number of amides is 1. The van der Waals surface area contributed by atoms with Crippen LogP contribution in [0.4, 0.5) is 17.2 Å². The second-order valence-corrected chi connectivity index (χ2v) is 5.82. The van der Waals surface area contributed by atoms with Gasteiger partial charge in [0.05, 0.1) is 23.1 Å². The van der Waals surface area contributed by atoms with E-state index in [1.807, 2.05) is 18.2 Å². The minimum atomic E-state index is -0.374. The number of fused-ring (bicyclic) bond motifs is 1. The number of benzene rings is 2. The molecule has 0 fully saturated rings. The Morgan fingerprint density at radius 2 is 1.88 bits per heavy atom. The van der Waals surface area contributed by atoms with Crippen molar-refractivity contribution in [3.63, 3.8) is 0 Å². The van der Waals surface area contributed by atoms with Gasteiger partial charge in [-0.3, -0.25) is 4.79 Å². The van der Waals surface area contributed by atoms with Crippen molar-refractivity contribution >= 4 is 34.7 Å². The van der Waals surface area contributed by atoms with Gasteiger partial charge >= 0.3 is 0 Å². The van der Waals surface area contributed by atoms with E-state index in [2.05, 4.69) is 20.6 Å². The van der Waals surface area contributed by atoms with Gasteiger partial charge < -0.3 is 20.1 Å². The van der Waals surface area contributed by atoms with E-state index in [0.29, 0.717) is 33.7 Å². The Morgan fingerprint density at radius 1 is 1.04 bits per heavy atom. The molecule has 2 N–H and O–H groups in total. The summed E-state index contributed by atoms with van der Waals surface area (Å²) in [6.45, 7) is 0.179. The summed E-state index contributed by atoms with van der Waals surface area (Å²) >= 11 is 6.09. The van der Waals surface area contributed by atoms with Gasteiger partial charge in [-0.1, -0.05) is 23.7 Å². The van der Waals surface area contributed by atoms with E-state index in [1.165, 1.54) is 12.4 Å². The summed E-state index contributed by atoms with van der Waals surface area (Å²) in [6, 6.07) is 12.4. The lowest BCUT2D eigenvalue weighted by Gasteiger charge is -2.08. The molecule has 1 aliphatic rings. The molecule has 0 saturated carbocycles. The Morgan fingerprint density at radius 3 is 2.69 bits per heavy atom. The standard InChI is InChI=1S/C18H13ClN4O3/c19-12-3-1-2-4-13(12)23-17-9-20-14(8-21-17)18(24)22-11-5-6-15-16(7-11)26-10-25-15/h1-9H,10H2,(H,21,23)(H,22,24). The summed E-state index contributed by atoms with van der Waals surface area (Å²) in [5, 5.41) is 6.36. The molecule has 3 aromatic rings. The van der Waals surface area contributed by atoms with E-state index in [9.17, 15) is 4.79 Å². The molecule has 0 bridgehead atoms. The van der Waals surface area contributed by atoms with Gasteiger partial charge in [-0.05, 0) is 24.3 Å². The maximum atomic E-state index is 12.3. The van der Waals surface area contributed by atoms with Gasteiger partial charge in [0.15, 0.2) is 11.5 Å². The highest BCUT2D eigenvalue weighted by atomic mass is 35.5. The number of hydrogen-bond donors (Lipinski definition) is 2. The summed E-state index contributed by atoms with van der Waals surface area (Å²) in [6.07, 6.45) is 2.86. The molecule has 0 spiro atoms. The Labute approximate surface area is 154 Å². The Balaban J connectivity index is 1.44. The van der Waals surface area contributed by atoms with E-state index in [4.69, 9.17) is 21.1 Å². The van der Waals surface area contributed by atoms with E-state index >= 15 is 0 Å². The van der Waals surface area contributed by atoms with Crippen LogP contribution in [-0.4, -0.2) is 22.7 Å². The third-order valence-electron chi connectivity index (χ3n) is 3.65. The van der Waals surface area contributed by atoms with Gasteiger partial charge in [-0.2, -0.15) is 0 Å². The van der Waals surface area contributed by atoms with Crippen LogP contribution in [0.3, 0.4) is 0 Å². The van der Waals surface area contributed by atoms with Crippen LogP contribution in [-0.2, 0) is 0 Å². The minimum absolute atomic E-state index is 0.179. The van der Waals surface area contributed by atoms with Crippen molar-refractivity contribution in [1.29, 1.82) is 0 Å². The molecular formula is C18H13ClN4O3. The highest BCUT2D eigenvalue weighted by Crippen LogP contribution is 2.34. The van der Waals surface area contributed by atoms with Crippen LogP contribution < -0.4 is 20.1 Å². The first-order chi connectivity index (χ1) is 12.7. The number of carbonyl (C=O) groups is 1. The van der Waals surface area contributed by atoms with Gasteiger partial charge in [0.1, 0.15) is 11.5 Å². The highest BCUT2D eigenvalue weighted by Gasteiger charge is 2.15. The van der Waals surface area contributed by atoms with Crippen LogP contribution in [0.15, 0.2) is 54.9 Å². The number of aromatic nitrogens is 2. The number of nitrogens with one attached hydrogen (secondary N) is 2. The molecule has 1 aliphatic heterocycles. The fourth-order valence-electron chi connectivity index (χ4n) is 2.38. The fraction of sp³-hybridized carbons (Fsp3) is 0.0556. The Kier molecular flexibility index (Phi) is 4.28. The van der Waals surface area contributed by atoms with Crippen molar-refractivity contribution < 1.29 is 14.3 Å². The first-order valence-electron chi connectivity index (χ1n) is 7.74. The lowest BCUT2D eigenvalue weighted by atomic mass is 10.2. The third-order valence-corrected chi connectivity index (χ3v) is 3.98. The molecule has 2 heterocycles. The number of rotatable bonds is 4. The third kappa shape index (κ3) is 3.38. The van der Waals surface area contributed by atoms with Crippen molar-refractivity contribution in [2.24, 2.45) is 0 Å². The van der Waals surface area contributed by atoms with Crippen LogP contribution in [0.2, 0.25) is 5.02 Å². The maximum absolute atomic E-state index is 12.3. The van der Waals surface area contributed by atoms with E-state index < -0.39 is 0 Å². The molecule has 0 radical (unpaired) electrons. The molecule has 1 amide bonds. The largest absolute Gasteiger partial charge is 0.454 e. The molecule has 2 aromatic carbocycles. The number of carbonyl (C=O) groups excluding carboxylic acids is 1. The molecule has 0 aliphatic carbocycles. The normalized spacial score (nSPS) is 11.9. The number of nitrogens with zero attached hydrogens (tertiary/aromatic N) is 2. The fourth-order valence-corrected chi connectivity index (χ4v) is 2.56. The van der Waals surface area contributed by atoms with Crippen molar-refractivity contribution in [2.45, 2.75) is 0 Å². The number of para-hydroxylation sites is 1.